The minimum atomic E-state index is -0.546. The Balaban J connectivity index is 1.27. The van der Waals surface area contributed by atoms with E-state index in [4.69, 9.17) is 26.5 Å². The van der Waals surface area contributed by atoms with E-state index in [0.29, 0.717) is 54.3 Å². The highest BCUT2D eigenvalue weighted by molar-refractivity contribution is 8.27. The van der Waals surface area contributed by atoms with Crippen molar-refractivity contribution >= 4 is 57.3 Å². The molecule has 0 unspecified atom stereocenters. The summed E-state index contributed by atoms with van der Waals surface area (Å²) in [7, 11) is 0. The van der Waals surface area contributed by atoms with E-state index in [9.17, 15) is 9.59 Å². The Morgan fingerprint density at radius 2 is 1.97 bits per heavy atom. The molecule has 0 radical (unpaired) electrons. The molecule has 0 saturated carbocycles. The molecule has 9 nitrogen and oxygen atoms in total. The van der Waals surface area contributed by atoms with Gasteiger partial charge in [0.2, 0.25) is 11.1 Å². The summed E-state index contributed by atoms with van der Waals surface area (Å²) >= 11 is 7.56. The predicted molar refractivity (Wildman–Crippen MR) is 144 cm³/mol. The van der Waals surface area contributed by atoms with Gasteiger partial charge in [0.15, 0.2) is 5.84 Å². The number of amides is 2. The van der Waals surface area contributed by atoms with Crippen LogP contribution in [-0.2, 0) is 20.9 Å². The number of hydrazone groups is 1. The largest absolute Gasteiger partial charge is 0.487 e. The molecule has 0 aliphatic carbocycles. The van der Waals surface area contributed by atoms with Crippen LogP contribution in [0.15, 0.2) is 58.1 Å². The van der Waals surface area contributed by atoms with Crippen LogP contribution < -0.4 is 4.74 Å². The van der Waals surface area contributed by atoms with Gasteiger partial charge in [-0.3, -0.25) is 15.0 Å². The molecule has 2 aromatic carbocycles. The summed E-state index contributed by atoms with van der Waals surface area (Å²) < 4.78 is 11.1. The van der Waals surface area contributed by atoms with Crippen molar-refractivity contribution in [1.29, 1.82) is 5.41 Å². The Morgan fingerprint density at radius 3 is 2.70 bits per heavy atom. The Labute approximate surface area is 223 Å². The number of ether oxygens (including phenoxy) is 2. The second-order valence-corrected chi connectivity index (χ2v) is 10.1. The normalized spacial score (nSPS) is 18.6. The van der Waals surface area contributed by atoms with Crippen molar-refractivity contribution in [3.8, 4) is 5.75 Å². The summed E-state index contributed by atoms with van der Waals surface area (Å²) in [6, 6.07) is 13.2. The monoisotopic (exact) mass is 537 g/mol. The van der Waals surface area contributed by atoms with Crippen LogP contribution in [0.3, 0.4) is 0 Å². The molecule has 2 aromatic rings. The van der Waals surface area contributed by atoms with Gasteiger partial charge in [-0.1, -0.05) is 47.5 Å². The topological polar surface area (TPSA) is 108 Å². The van der Waals surface area contributed by atoms with Crippen molar-refractivity contribution in [2.24, 2.45) is 10.1 Å². The summed E-state index contributed by atoms with van der Waals surface area (Å²) in [5, 5.41) is 15.4. The third-order valence-electron chi connectivity index (χ3n) is 5.94. The van der Waals surface area contributed by atoms with Crippen LogP contribution in [0.2, 0.25) is 5.02 Å². The van der Waals surface area contributed by atoms with Crippen LogP contribution in [0.5, 0.6) is 5.75 Å². The number of nitrogens with one attached hydrogen (secondary N) is 1. The number of carbonyl (C=O) groups is 2. The molecular formula is C26H24ClN5O4S. The zero-order chi connectivity index (χ0) is 25.9. The van der Waals surface area contributed by atoms with Crippen molar-refractivity contribution in [2.75, 3.05) is 26.3 Å². The Bertz CT molecular complexity index is 1350. The van der Waals surface area contributed by atoms with Gasteiger partial charge in [-0.2, -0.15) is 15.1 Å². The Morgan fingerprint density at radius 1 is 1.22 bits per heavy atom. The number of nitrogens with zero attached hydrogens (tertiary/aromatic N) is 4. The third kappa shape index (κ3) is 5.76. The maximum Gasteiger partial charge on any atom is 0.283 e. The number of benzene rings is 2. The minimum Gasteiger partial charge on any atom is -0.487 e. The van der Waals surface area contributed by atoms with Gasteiger partial charge in [-0.15, -0.1) is 0 Å². The number of amidine groups is 2. The summed E-state index contributed by atoms with van der Waals surface area (Å²) in [4.78, 5) is 31.1. The molecule has 1 saturated heterocycles. The SMILES string of the molecule is Cc1ccc(COc2ccc(/C=C3/C(=N)N4N=C(CC(=O)N5CCOCC5)SC4=NC3=O)cc2Cl)cc1. The number of rotatable bonds is 6. The van der Waals surface area contributed by atoms with E-state index >= 15 is 0 Å². The number of carbonyl (C=O) groups excluding carboxylic acids is 2. The number of aliphatic imine (C=N–C) groups is 1. The molecule has 11 heteroatoms. The van der Waals surface area contributed by atoms with Gasteiger partial charge in [-0.05, 0) is 48.0 Å². The molecule has 0 bridgehead atoms. The third-order valence-corrected chi connectivity index (χ3v) is 7.15. The first-order valence-electron chi connectivity index (χ1n) is 11.7. The number of fused-ring (bicyclic) bond motifs is 1. The van der Waals surface area contributed by atoms with Gasteiger partial charge in [0.05, 0.1) is 30.2 Å². The first-order chi connectivity index (χ1) is 17.9. The van der Waals surface area contributed by atoms with Crippen LogP contribution >= 0.6 is 23.4 Å². The summed E-state index contributed by atoms with van der Waals surface area (Å²) in [5.74, 6) is -0.199. The molecule has 37 heavy (non-hydrogen) atoms. The van der Waals surface area contributed by atoms with Crippen LogP contribution in [0.4, 0.5) is 0 Å². The highest BCUT2D eigenvalue weighted by Gasteiger charge is 2.36. The number of aryl methyl sites for hydroxylation is 1. The van der Waals surface area contributed by atoms with E-state index < -0.39 is 5.91 Å². The Kier molecular flexibility index (Phi) is 7.40. The fraction of sp³-hybridized carbons (Fsp3) is 0.269. The molecular weight excluding hydrogens is 514 g/mol. The molecule has 0 spiro atoms. The fourth-order valence-electron chi connectivity index (χ4n) is 3.89. The predicted octanol–water partition coefficient (Wildman–Crippen LogP) is 4.10. The van der Waals surface area contributed by atoms with Crippen LogP contribution in [-0.4, -0.2) is 64.1 Å². The van der Waals surface area contributed by atoms with Gasteiger partial charge < -0.3 is 14.4 Å². The molecule has 0 aromatic heterocycles. The smallest absolute Gasteiger partial charge is 0.283 e. The van der Waals surface area contributed by atoms with Gasteiger partial charge in [0.25, 0.3) is 5.91 Å². The van der Waals surface area contributed by atoms with Crippen molar-refractivity contribution < 1.29 is 19.1 Å². The number of morpholine rings is 1. The molecule has 1 N–H and O–H groups in total. The van der Waals surface area contributed by atoms with E-state index in [-0.39, 0.29) is 28.9 Å². The standard InChI is InChI=1S/C26H24ClN5O4S/c1-16-2-4-17(5-3-16)15-36-21-7-6-18(13-20(21)27)12-19-24(28)32-26(29-25(19)34)37-22(30-32)14-23(33)31-8-10-35-11-9-31/h2-7,12-13,28H,8-11,14-15H2,1H3/b19-12-,28-24?. The lowest BCUT2D eigenvalue weighted by atomic mass is 10.1. The van der Waals surface area contributed by atoms with Crippen LogP contribution in [0, 0.1) is 12.3 Å². The summed E-state index contributed by atoms with van der Waals surface area (Å²) in [6.45, 7) is 4.52. The molecule has 0 atom stereocenters. The lowest BCUT2D eigenvalue weighted by Crippen LogP contribution is -2.41. The summed E-state index contributed by atoms with van der Waals surface area (Å²) in [5.41, 5.74) is 2.91. The summed E-state index contributed by atoms with van der Waals surface area (Å²) in [6.07, 6.45) is 1.64. The van der Waals surface area contributed by atoms with E-state index in [1.165, 1.54) is 10.6 Å². The average molecular weight is 538 g/mol. The molecule has 3 aliphatic rings. The number of halogens is 1. The molecule has 190 valence electrons. The molecule has 5 rings (SSSR count). The van der Waals surface area contributed by atoms with E-state index in [1.807, 2.05) is 31.2 Å². The second-order valence-electron chi connectivity index (χ2n) is 8.65. The van der Waals surface area contributed by atoms with Crippen LogP contribution in [0.25, 0.3) is 6.08 Å². The van der Waals surface area contributed by atoms with Crippen molar-refractivity contribution in [3.63, 3.8) is 0 Å². The Hall–Kier alpha value is -3.47. The van der Waals surface area contributed by atoms with Gasteiger partial charge in [0.1, 0.15) is 17.4 Å². The fourth-order valence-corrected chi connectivity index (χ4v) is 5.01. The molecule has 1 fully saturated rings. The first-order valence-corrected chi connectivity index (χ1v) is 12.9. The maximum absolute atomic E-state index is 12.7. The van der Waals surface area contributed by atoms with E-state index in [0.717, 1.165) is 17.3 Å². The van der Waals surface area contributed by atoms with Gasteiger partial charge >= 0.3 is 0 Å². The zero-order valence-electron chi connectivity index (χ0n) is 20.1. The zero-order valence-corrected chi connectivity index (χ0v) is 21.6. The van der Waals surface area contributed by atoms with Crippen molar-refractivity contribution in [2.45, 2.75) is 20.0 Å². The van der Waals surface area contributed by atoms with Crippen molar-refractivity contribution in [1.82, 2.24) is 9.91 Å². The first kappa shape index (κ1) is 25.2. The highest BCUT2D eigenvalue weighted by atomic mass is 35.5. The molecule has 2 amide bonds. The quantitative estimate of drug-likeness (QED) is 0.556. The highest BCUT2D eigenvalue weighted by Crippen LogP contribution is 2.31. The minimum absolute atomic E-state index is 0.0667. The molecule has 3 heterocycles. The van der Waals surface area contributed by atoms with Crippen LogP contribution in [0.1, 0.15) is 23.1 Å². The second kappa shape index (κ2) is 10.9. The van der Waals surface area contributed by atoms with Gasteiger partial charge in [0, 0.05) is 13.1 Å². The lowest BCUT2D eigenvalue weighted by molar-refractivity contribution is -0.133. The average Bonchev–Trinajstić information content (AvgIpc) is 3.29. The van der Waals surface area contributed by atoms with Gasteiger partial charge in [-0.25, -0.2) is 0 Å². The lowest BCUT2D eigenvalue weighted by Gasteiger charge is -2.26. The van der Waals surface area contributed by atoms with E-state index in [2.05, 4.69) is 10.1 Å². The number of hydrogen-bond acceptors (Lipinski definition) is 7. The number of hydrogen-bond donors (Lipinski definition) is 1. The van der Waals surface area contributed by atoms with E-state index in [1.54, 1.807) is 29.2 Å². The maximum atomic E-state index is 12.7. The molecule has 3 aliphatic heterocycles. The number of thioether (sulfide) groups is 1. The van der Waals surface area contributed by atoms with Crippen molar-refractivity contribution in [3.05, 3.63) is 69.8 Å².